The van der Waals surface area contributed by atoms with Crippen LogP contribution in [0.5, 0.6) is 0 Å². The molecule has 0 saturated heterocycles. The first-order valence-corrected chi connectivity index (χ1v) is 9.06. The summed E-state index contributed by atoms with van der Waals surface area (Å²) >= 11 is 0. The smallest absolute Gasteiger partial charge is 0.337 e. The highest BCUT2D eigenvalue weighted by Gasteiger charge is 2.17. The van der Waals surface area contributed by atoms with Crippen LogP contribution in [0.15, 0.2) is 48.5 Å². The summed E-state index contributed by atoms with van der Waals surface area (Å²) in [7, 11) is 0. The predicted octanol–water partition coefficient (Wildman–Crippen LogP) is 5.02. The van der Waals surface area contributed by atoms with Gasteiger partial charge >= 0.3 is 5.97 Å². The molecule has 0 aliphatic heterocycles. The molecule has 0 heterocycles. The Balaban J connectivity index is 2.23. The third-order valence-electron chi connectivity index (χ3n) is 4.21. The zero-order valence-corrected chi connectivity index (χ0v) is 15.3. The maximum Gasteiger partial charge on any atom is 0.337 e. The molecule has 0 unspecified atom stereocenters. The molecular weight excluding hydrogens is 328 g/mol. The Hall–Kier alpha value is -2.82. The second kappa shape index (κ2) is 9.61. The van der Waals surface area contributed by atoms with E-state index in [4.69, 9.17) is 0 Å². The molecule has 26 heavy (non-hydrogen) atoms. The molecule has 0 radical (unpaired) electrons. The van der Waals surface area contributed by atoms with E-state index in [9.17, 15) is 14.7 Å². The molecule has 0 aliphatic carbocycles. The van der Waals surface area contributed by atoms with Gasteiger partial charge < -0.3 is 15.7 Å². The molecule has 138 valence electrons. The van der Waals surface area contributed by atoms with Crippen LogP contribution in [0.2, 0.25) is 0 Å². The second-order valence-electron chi connectivity index (χ2n) is 6.27. The van der Waals surface area contributed by atoms with Gasteiger partial charge in [-0.2, -0.15) is 0 Å². The molecule has 2 aromatic rings. The monoisotopic (exact) mass is 354 g/mol. The van der Waals surface area contributed by atoms with Gasteiger partial charge in [-0.15, -0.1) is 0 Å². The molecule has 0 spiro atoms. The van der Waals surface area contributed by atoms with Crippen LogP contribution in [0, 0.1) is 0 Å². The third-order valence-corrected chi connectivity index (χ3v) is 4.21. The van der Waals surface area contributed by atoms with E-state index in [-0.39, 0.29) is 11.5 Å². The second-order valence-corrected chi connectivity index (χ2v) is 6.27. The zero-order valence-electron chi connectivity index (χ0n) is 15.3. The quantitative estimate of drug-likeness (QED) is 0.591. The minimum atomic E-state index is -1.07. The molecule has 0 saturated carbocycles. The van der Waals surface area contributed by atoms with E-state index in [0.717, 1.165) is 31.4 Å². The van der Waals surface area contributed by atoms with Crippen LogP contribution >= 0.6 is 0 Å². The number of nitrogens with one attached hydrogen (secondary N) is 2. The fourth-order valence-corrected chi connectivity index (χ4v) is 2.98. The summed E-state index contributed by atoms with van der Waals surface area (Å²) in [6.45, 7) is 4.29. The van der Waals surface area contributed by atoms with Gasteiger partial charge in [0.2, 0.25) is 0 Å². The van der Waals surface area contributed by atoms with E-state index in [1.165, 1.54) is 6.07 Å². The lowest BCUT2D eigenvalue weighted by molar-refractivity contribution is 0.0698. The zero-order chi connectivity index (χ0) is 18.9. The number of rotatable bonds is 9. The van der Waals surface area contributed by atoms with Crippen LogP contribution in [0.25, 0.3) is 0 Å². The summed E-state index contributed by atoms with van der Waals surface area (Å²) in [5.74, 6) is -1.40. The highest BCUT2D eigenvalue weighted by Crippen LogP contribution is 2.22. The molecule has 5 nitrogen and oxygen atoms in total. The number of hydrogen-bond donors (Lipinski definition) is 3. The van der Waals surface area contributed by atoms with E-state index in [0.29, 0.717) is 17.3 Å². The van der Waals surface area contributed by atoms with Crippen molar-refractivity contribution < 1.29 is 14.7 Å². The summed E-state index contributed by atoms with van der Waals surface area (Å²) in [4.78, 5) is 24.1. The van der Waals surface area contributed by atoms with E-state index >= 15 is 0 Å². The van der Waals surface area contributed by atoms with Gasteiger partial charge in [0, 0.05) is 11.7 Å². The molecule has 0 aliphatic rings. The number of carbonyl (C=O) groups is 2. The topological polar surface area (TPSA) is 78.4 Å². The highest BCUT2D eigenvalue weighted by atomic mass is 16.4. The number of benzene rings is 2. The van der Waals surface area contributed by atoms with Crippen molar-refractivity contribution >= 4 is 23.3 Å². The average molecular weight is 354 g/mol. The van der Waals surface area contributed by atoms with Gasteiger partial charge in [0.05, 0.1) is 16.8 Å². The van der Waals surface area contributed by atoms with Crippen molar-refractivity contribution in [2.75, 3.05) is 10.6 Å². The largest absolute Gasteiger partial charge is 0.478 e. The normalized spacial score (nSPS) is 10.6. The summed E-state index contributed by atoms with van der Waals surface area (Å²) in [6.07, 6.45) is 4.20. The molecule has 1 amide bonds. The number of carboxylic acids is 1. The Morgan fingerprint density at radius 2 is 1.42 bits per heavy atom. The van der Waals surface area contributed by atoms with Crippen molar-refractivity contribution in [1.29, 1.82) is 0 Å². The highest BCUT2D eigenvalue weighted by molar-refractivity contribution is 6.10. The molecule has 0 fully saturated rings. The number of amides is 1. The van der Waals surface area contributed by atoms with E-state index in [1.807, 2.05) is 12.1 Å². The molecule has 0 bridgehead atoms. The Bertz CT molecular complexity index is 752. The van der Waals surface area contributed by atoms with Crippen molar-refractivity contribution in [2.24, 2.45) is 0 Å². The fourth-order valence-electron chi connectivity index (χ4n) is 2.98. The molecule has 2 aromatic carbocycles. The number of carbonyl (C=O) groups excluding carboxylic acids is 1. The first-order valence-electron chi connectivity index (χ1n) is 9.06. The van der Waals surface area contributed by atoms with Gasteiger partial charge in [-0.05, 0) is 37.1 Å². The number of anilines is 2. The Labute approximate surface area is 154 Å². The molecule has 0 aromatic heterocycles. The number of aromatic carboxylic acids is 1. The summed E-state index contributed by atoms with van der Waals surface area (Å²) < 4.78 is 0. The van der Waals surface area contributed by atoms with Gasteiger partial charge in [0.1, 0.15) is 0 Å². The Morgan fingerprint density at radius 3 is 2.00 bits per heavy atom. The number of para-hydroxylation sites is 2. The van der Waals surface area contributed by atoms with Crippen LogP contribution in [0.1, 0.15) is 60.2 Å². The van der Waals surface area contributed by atoms with Crippen LogP contribution < -0.4 is 10.6 Å². The Morgan fingerprint density at radius 1 is 0.885 bits per heavy atom. The van der Waals surface area contributed by atoms with Crippen LogP contribution in [0.4, 0.5) is 11.4 Å². The first-order chi connectivity index (χ1) is 12.6. The van der Waals surface area contributed by atoms with Crippen molar-refractivity contribution in [3.63, 3.8) is 0 Å². The number of carboxylic acid groups (broad SMARTS) is 1. The van der Waals surface area contributed by atoms with Crippen molar-refractivity contribution in [3.05, 3.63) is 59.7 Å². The average Bonchev–Trinajstić information content (AvgIpc) is 2.63. The number of hydrogen-bond acceptors (Lipinski definition) is 3. The fraction of sp³-hybridized carbons (Fsp3) is 0.333. The van der Waals surface area contributed by atoms with E-state index in [2.05, 4.69) is 24.5 Å². The summed E-state index contributed by atoms with van der Waals surface area (Å²) in [5, 5.41) is 15.5. The molecule has 2 rings (SSSR count). The van der Waals surface area contributed by atoms with Gasteiger partial charge in [0.25, 0.3) is 5.91 Å². The van der Waals surface area contributed by atoms with E-state index in [1.54, 1.807) is 30.3 Å². The maximum absolute atomic E-state index is 12.8. The standard InChI is InChI=1S/C21H26N2O3/c1-3-9-15(10-4-2)22-18-13-7-5-11-16(18)20(24)23-19-14-8-6-12-17(19)21(25)26/h5-8,11-15,22H,3-4,9-10H2,1-2H3,(H,23,24)(H,25,26). The lowest BCUT2D eigenvalue weighted by atomic mass is 10.0. The summed E-state index contributed by atoms with van der Waals surface area (Å²) in [5.41, 5.74) is 1.63. The van der Waals surface area contributed by atoms with Gasteiger partial charge in [0.15, 0.2) is 0 Å². The van der Waals surface area contributed by atoms with Crippen molar-refractivity contribution in [1.82, 2.24) is 0 Å². The molecular formula is C21H26N2O3. The first kappa shape index (κ1) is 19.5. The van der Waals surface area contributed by atoms with Crippen molar-refractivity contribution in [2.45, 2.75) is 45.6 Å². The van der Waals surface area contributed by atoms with Gasteiger partial charge in [-0.25, -0.2) is 4.79 Å². The molecule has 5 heteroatoms. The van der Waals surface area contributed by atoms with Crippen molar-refractivity contribution in [3.8, 4) is 0 Å². The predicted molar refractivity (Wildman–Crippen MR) is 105 cm³/mol. The SMILES string of the molecule is CCCC(CCC)Nc1ccccc1C(=O)Nc1ccccc1C(=O)O. The molecule has 0 atom stereocenters. The lowest BCUT2D eigenvalue weighted by Crippen LogP contribution is -2.22. The minimum absolute atomic E-state index is 0.0705. The minimum Gasteiger partial charge on any atom is -0.478 e. The third kappa shape index (κ3) is 5.09. The van der Waals surface area contributed by atoms with Crippen LogP contribution in [0.3, 0.4) is 0 Å². The lowest BCUT2D eigenvalue weighted by Gasteiger charge is -2.21. The van der Waals surface area contributed by atoms with E-state index < -0.39 is 5.97 Å². The van der Waals surface area contributed by atoms with Crippen LogP contribution in [-0.2, 0) is 0 Å². The van der Waals surface area contributed by atoms with Gasteiger partial charge in [-0.3, -0.25) is 4.79 Å². The van der Waals surface area contributed by atoms with Gasteiger partial charge in [-0.1, -0.05) is 51.0 Å². The summed E-state index contributed by atoms with van der Waals surface area (Å²) in [6, 6.07) is 14.0. The Kier molecular flexibility index (Phi) is 7.21. The molecule has 3 N–H and O–H groups in total. The van der Waals surface area contributed by atoms with Crippen LogP contribution in [-0.4, -0.2) is 23.0 Å². The maximum atomic E-state index is 12.8.